The molecular formula is C25H28F3N5O4S. The minimum atomic E-state index is -4.86. The van der Waals surface area contributed by atoms with E-state index >= 15 is 0 Å². The molecule has 0 unspecified atom stereocenters. The van der Waals surface area contributed by atoms with Crippen LogP contribution in [0.4, 0.5) is 19.0 Å². The standard InChI is InChI=1S/C25H28F3N5O4S/c1-16-12-22(33(31-16)17-6-10-37-11-7-17)32-14-18(13-20(32)23(34)30-24(15-29)8-9-24)38(35,36)21-5-3-2-4-19(21)25(26,27)28/h2-5,12,17-18,20H,6-11,13-14H2,1H3,(H,30,34)/t18-,20+/m1/s1. The maximum absolute atomic E-state index is 13.7. The number of amides is 1. The second-order valence-electron chi connectivity index (χ2n) is 10.2. The molecule has 3 fully saturated rings. The summed E-state index contributed by atoms with van der Waals surface area (Å²) in [5, 5.41) is 15.5. The predicted octanol–water partition coefficient (Wildman–Crippen LogP) is 3.16. The molecule has 38 heavy (non-hydrogen) atoms. The number of anilines is 1. The summed E-state index contributed by atoms with van der Waals surface area (Å²) >= 11 is 0. The lowest BCUT2D eigenvalue weighted by atomic mass is 10.1. The van der Waals surface area contributed by atoms with Crippen LogP contribution in [0.3, 0.4) is 0 Å². The van der Waals surface area contributed by atoms with E-state index in [1.54, 1.807) is 22.6 Å². The fourth-order valence-corrected chi connectivity index (χ4v) is 7.19. The number of benzene rings is 1. The van der Waals surface area contributed by atoms with Crippen LogP contribution in [0.25, 0.3) is 0 Å². The summed E-state index contributed by atoms with van der Waals surface area (Å²) in [6, 6.07) is 6.92. The van der Waals surface area contributed by atoms with Gasteiger partial charge in [-0.3, -0.25) is 4.79 Å². The molecule has 204 valence electrons. The number of nitrogens with zero attached hydrogens (tertiary/aromatic N) is 4. The van der Waals surface area contributed by atoms with Gasteiger partial charge >= 0.3 is 6.18 Å². The largest absolute Gasteiger partial charge is 0.417 e. The molecule has 1 aromatic heterocycles. The van der Waals surface area contributed by atoms with Crippen LogP contribution in [0.5, 0.6) is 0 Å². The number of carbonyl (C=O) groups is 1. The smallest absolute Gasteiger partial charge is 0.381 e. The number of carbonyl (C=O) groups excluding carboxylic acids is 1. The molecule has 0 spiro atoms. The molecule has 2 atom stereocenters. The number of sulfone groups is 1. The molecule has 9 nitrogen and oxygen atoms in total. The molecule has 3 aliphatic rings. The Kier molecular flexibility index (Phi) is 6.67. The summed E-state index contributed by atoms with van der Waals surface area (Å²) in [4.78, 5) is 14.3. The Morgan fingerprint density at radius 2 is 1.92 bits per heavy atom. The van der Waals surface area contributed by atoms with Gasteiger partial charge in [0.25, 0.3) is 0 Å². The molecule has 2 aliphatic heterocycles. The molecule has 5 rings (SSSR count). The van der Waals surface area contributed by atoms with Gasteiger partial charge in [0, 0.05) is 25.8 Å². The van der Waals surface area contributed by atoms with Crippen LogP contribution in [0, 0.1) is 18.3 Å². The second-order valence-corrected chi connectivity index (χ2v) is 12.4. The van der Waals surface area contributed by atoms with Crippen molar-refractivity contribution < 1.29 is 31.1 Å². The maximum atomic E-state index is 13.7. The zero-order valence-corrected chi connectivity index (χ0v) is 21.6. The van der Waals surface area contributed by atoms with Gasteiger partial charge in [-0.2, -0.15) is 23.5 Å². The monoisotopic (exact) mass is 551 g/mol. The van der Waals surface area contributed by atoms with Gasteiger partial charge in [0.15, 0.2) is 9.84 Å². The summed E-state index contributed by atoms with van der Waals surface area (Å²) in [7, 11) is -4.48. The first-order valence-electron chi connectivity index (χ1n) is 12.5. The van der Waals surface area contributed by atoms with Crippen LogP contribution in [0.1, 0.15) is 49.4 Å². The van der Waals surface area contributed by atoms with Gasteiger partial charge in [-0.15, -0.1) is 0 Å². The molecule has 0 radical (unpaired) electrons. The Labute approximate surface area is 218 Å². The highest BCUT2D eigenvalue weighted by Gasteiger charge is 2.51. The third-order valence-corrected chi connectivity index (χ3v) is 9.69. The lowest BCUT2D eigenvalue weighted by Gasteiger charge is -2.30. The molecule has 1 N–H and O–H groups in total. The normalized spacial score (nSPS) is 23.7. The van der Waals surface area contributed by atoms with Crippen molar-refractivity contribution in [3.05, 3.63) is 41.6 Å². The van der Waals surface area contributed by atoms with Crippen molar-refractivity contribution in [3.8, 4) is 6.07 Å². The van der Waals surface area contributed by atoms with E-state index in [4.69, 9.17) is 4.74 Å². The van der Waals surface area contributed by atoms with Crippen molar-refractivity contribution >= 4 is 21.6 Å². The molecule has 2 aromatic rings. The summed E-state index contributed by atoms with van der Waals surface area (Å²) in [5.41, 5.74) is -1.56. The number of halogens is 3. The average Bonchev–Trinajstić information content (AvgIpc) is 3.32. The number of nitriles is 1. The first kappa shape index (κ1) is 26.5. The lowest BCUT2D eigenvalue weighted by molar-refractivity contribution is -0.139. The molecule has 13 heteroatoms. The highest BCUT2D eigenvalue weighted by atomic mass is 32.2. The van der Waals surface area contributed by atoms with Crippen molar-refractivity contribution in [2.75, 3.05) is 24.7 Å². The van der Waals surface area contributed by atoms with Gasteiger partial charge < -0.3 is 15.0 Å². The van der Waals surface area contributed by atoms with E-state index in [9.17, 15) is 31.6 Å². The van der Waals surface area contributed by atoms with Crippen LogP contribution in [0.2, 0.25) is 0 Å². The number of aromatic nitrogens is 2. The van der Waals surface area contributed by atoms with Crippen LogP contribution in [-0.4, -0.2) is 60.7 Å². The quantitative estimate of drug-likeness (QED) is 0.586. The Balaban J connectivity index is 1.53. The highest BCUT2D eigenvalue weighted by molar-refractivity contribution is 7.92. The first-order valence-corrected chi connectivity index (χ1v) is 14.0. The molecule has 1 aliphatic carbocycles. The molecule has 3 heterocycles. The van der Waals surface area contributed by atoms with E-state index in [2.05, 4.69) is 16.5 Å². The van der Waals surface area contributed by atoms with Crippen LogP contribution < -0.4 is 10.2 Å². The Morgan fingerprint density at radius 3 is 2.55 bits per heavy atom. The summed E-state index contributed by atoms with van der Waals surface area (Å²) in [5.74, 6) is 0.00129. The molecule has 1 saturated carbocycles. The van der Waals surface area contributed by atoms with Crippen LogP contribution in [-0.2, 0) is 25.5 Å². The summed E-state index contributed by atoms with van der Waals surface area (Å²) < 4.78 is 75.7. The van der Waals surface area contributed by atoms with Gasteiger partial charge in [-0.05, 0) is 51.2 Å². The van der Waals surface area contributed by atoms with Crippen molar-refractivity contribution in [2.24, 2.45) is 0 Å². The lowest BCUT2D eigenvalue weighted by Crippen LogP contribution is -2.48. The minimum Gasteiger partial charge on any atom is -0.381 e. The molecule has 0 bridgehead atoms. The zero-order valence-electron chi connectivity index (χ0n) is 20.7. The van der Waals surface area contributed by atoms with Crippen LogP contribution >= 0.6 is 0 Å². The topological polar surface area (TPSA) is 117 Å². The number of nitrogens with one attached hydrogen (secondary N) is 1. The fraction of sp³-hybridized carbons (Fsp3) is 0.560. The average molecular weight is 552 g/mol. The Hall–Kier alpha value is -3.11. The van der Waals surface area contributed by atoms with Gasteiger partial charge in [-0.25, -0.2) is 13.1 Å². The van der Waals surface area contributed by atoms with E-state index in [0.717, 1.165) is 18.2 Å². The molecule has 1 amide bonds. The van der Waals surface area contributed by atoms with Gasteiger partial charge in [0.05, 0.1) is 33.5 Å². The molecular weight excluding hydrogens is 523 g/mol. The number of ether oxygens (including phenoxy) is 1. The predicted molar refractivity (Wildman–Crippen MR) is 130 cm³/mol. The number of aryl methyl sites for hydroxylation is 1. The van der Waals surface area contributed by atoms with Gasteiger partial charge in [0.1, 0.15) is 17.4 Å². The van der Waals surface area contributed by atoms with E-state index in [1.165, 1.54) is 6.07 Å². The van der Waals surface area contributed by atoms with Gasteiger partial charge in [0.2, 0.25) is 5.91 Å². The second kappa shape index (κ2) is 9.57. The van der Waals surface area contributed by atoms with Crippen molar-refractivity contribution in [3.63, 3.8) is 0 Å². The molecule has 1 aromatic carbocycles. The minimum absolute atomic E-state index is 0.0355. The van der Waals surface area contributed by atoms with Crippen molar-refractivity contribution in [1.82, 2.24) is 15.1 Å². The summed E-state index contributed by atoms with van der Waals surface area (Å²) in [6.07, 6.45) is -2.75. The third-order valence-electron chi connectivity index (χ3n) is 7.50. The Bertz CT molecular complexity index is 1370. The van der Waals surface area contributed by atoms with Crippen LogP contribution in [0.15, 0.2) is 35.2 Å². The van der Waals surface area contributed by atoms with Gasteiger partial charge in [-0.1, -0.05) is 12.1 Å². The SMILES string of the molecule is Cc1cc(N2C[C@H](S(=O)(=O)c3ccccc3C(F)(F)F)C[C@H]2C(=O)NC2(C#N)CC2)n(C2CCOCC2)n1. The summed E-state index contributed by atoms with van der Waals surface area (Å²) in [6.45, 7) is 2.65. The number of alkyl halides is 3. The highest BCUT2D eigenvalue weighted by Crippen LogP contribution is 2.40. The fourth-order valence-electron chi connectivity index (χ4n) is 5.28. The molecule has 2 saturated heterocycles. The third kappa shape index (κ3) is 4.87. The van der Waals surface area contributed by atoms with E-state index < -0.39 is 49.2 Å². The maximum Gasteiger partial charge on any atom is 0.417 e. The van der Waals surface area contributed by atoms with E-state index in [0.29, 0.717) is 50.4 Å². The zero-order chi connectivity index (χ0) is 27.3. The number of hydrogen-bond acceptors (Lipinski definition) is 7. The van der Waals surface area contributed by atoms with Crippen molar-refractivity contribution in [2.45, 2.75) is 73.0 Å². The van der Waals surface area contributed by atoms with E-state index in [-0.39, 0.29) is 19.0 Å². The number of rotatable bonds is 6. The van der Waals surface area contributed by atoms with E-state index in [1.807, 2.05) is 0 Å². The first-order chi connectivity index (χ1) is 17.9. The Morgan fingerprint density at radius 1 is 1.24 bits per heavy atom. The van der Waals surface area contributed by atoms with Crippen molar-refractivity contribution in [1.29, 1.82) is 5.26 Å². The number of hydrogen-bond donors (Lipinski definition) is 1.